The van der Waals surface area contributed by atoms with E-state index in [9.17, 15) is 0 Å². The van der Waals surface area contributed by atoms with Gasteiger partial charge in [-0.1, -0.05) is 19.1 Å². The van der Waals surface area contributed by atoms with Crippen LogP contribution in [0, 0.1) is 5.92 Å². The summed E-state index contributed by atoms with van der Waals surface area (Å²) in [6.07, 6.45) is 4.27. The molecule has 0 saturated carbocycles. The van der Waals surface area contributed by atoms with Gasteiger partial charge in [-0.25, -0.2) is 0 Å². The summed E-state index contributed by atoms with van der Waals surface area (Å²) >= 11 is 4.97. The third-order valence-electron chi connectivity index (χ3n) is 3.47. The van der Waals surface area contributed by atoms with Crippen LogP contribution >= 0.6 is 12.2 Å². The topological polar surface area (TPSA) is 42.2 Å². The third-order valence-corrected chi connectivity index (χ3v) is 3.68. The summed E-state index contributed by atoms with van der Waals surface area (Å²) in [6.45, 7) is 5.69. The second-order valence-electron chi connectivity index (χ2n) is 4.94. The Bertz CT molecular complexity index is 419. The fraction of sp³-hybridized carbons (Fsp3) is 0.538. The molecule has 2 unspecified atom stereocenters. The number of anilines is 1. The van der Waals surface area contributed by atoms with E-state index < -0.39 is 0 Å². The highest BCUT2D eigenvalue weighted by Crippen LogP contribution is 2.27. The average Bonchev–Trinajstić information content (AvgIpc) is 2.29. The summed E-state index contributed by atoms with van der Waals surface area (Å²) < 4.78 is 0. The Balaban J connectivity index is 2.22. The van der Waals surface area contributed by atoms with Crippen LogP contribution in [0.4, 0.5) is 5.69 Å². The minimum absolute atomic E-state index is 0.366. The van der Waals surface area contributed by atoms with Crippen LogP contribution in [0.1, 0.15) is 32.4 Å². The van der Waals surface area contributed by atoms with Gasteiger partial charge in [-0.15, -0.1) is 0 Å². The maximum atomic E-state index is 5.62. The molecule has 4 heteroatoms. The van der Waals surface area contributed by atoms with E-state index in [0.29, 0.717) is 16.7 Å². The molecule has 1 aliphatic rings. The number of nitrogens with two attached hydrogens (primary N) is 1. The maximum Gasteiger partial charge on any atom is 0.122 e. The van der Waals surface area contributed by atoms with Crippen LogP contribution in [0.25, 0.3) is 0 Å². The molecule has 0 radical (unpaired) electrons. The number of piperidine rings is 1. The summed E-state index contributed by atoms with van der Waals surface area (Å²) in [4.78, 5) is 6.97. The highest BCUT2D eigenvalue weighted by Gasteiger charge is 2.23. The second-order valence-corrected chi connectivity index (χ2v) is 5.38. The smallest absolute Gasteiger partial charge is 0.122 e. The minimum atomic E-state index is 0.366. The SMILES string of the molecule is CC1CCN(c2ccnc(C(N)=S)c2)C(C)C1. The Morgan fingerprint density at radius 1 is 1.53 bits per heavy atom. The van der Waals surface area contributed by atoms with Gasteiger partial charge in [0.15, 0.2) is 0 Å². The van der Waals surface area contributed by atoms with E-state index in [4.69, 9.17) is 18.0 Å². The highest BCUT2D eigenvalue weighted by atomic mass is 32.1. The van der Waals surface area contributed by atoms with Crippen LogP contribution in [-0.4, -0.2) is 22.6 Å². The van der Waals surface area contributed by atoms with Gasteiger partial charge in [0.1, 0.15) is 4.99 Å². The molecular formula is C13H19N3S. The monoisotopic (exact) mass is 249 g/mol. The quantitative estimate of drug-likeness (QED) is 0.817. The Labute approximate surface area is 108 Å². The molecule has 2 atom stereocenters. The van der Waals surface area contributed by atoms with Gasteiger partial charge in [0, 0.05) is 24.5 Å². The van der Waals surface area contributed by atoms with E-state index in [1.165, 1.54) is 18.5 Å². The summed E-state index contributed by atoms with van der Waals surface area (Å²) in [6, 6.07) is 4.60. The third kappa shape index (κ3) is 2.75. The Kier molecular flexibility index (Phi) is 3.62. The molecule has 1 aromatic heterocycles. The molecule has 0 bridgehead atoms. The number of rotatable bonds is 2. The summed E-state index contributed by atoms with van der Waals surface area (Å²) in [5, 5.41) is 0. The number of thiocarbonyl (C=S) groups is 1. The number of pyridine rings is 1. The van der Waals surface area contributed by atoms with Crippen molar-refractivity contribution in [2.75, 3.05) is 11.4 Å². The van der Waals surface area contributed by atoms with Gasteiger partial charge in [-0.3, -0.25) is 4.98 Å². The molecule has 1 aromatic rings. The van der Waals surface area contributed by atoms with Crippen molar-refractivity contribution in [1.29, 1.82) is 0 Å². The average molecular weight is 249 g/mol. The number of hydrogen-bond donors (Lipinski definition) is 1. The van der Waals surface area contributed by atoms with E-state index in [1.807, 2.05) is 12.1 Å². The maximum absolute atomic E-state index is 5.62. The van der Waals surface area contributed by atoms with Crippen LogP contribution in [0.15, 0.2) is 18.3 Å². The standard InChI is InChI=1S/C13H19N3S/c1-9-4-6-16(10(2)7-9)11-3-5-15-12(8-11)13(14)17/h3,5,8-10H,4,6-7H2,1-2H3,(H2,14,17). The van der Waals surface area contributed by atoms with Crippen LogP contribution < -0.4 is 10.6 Å². The van der Waals surface area contributed by atoms with Crippen LogP contribution in [0.5, 0.6) is 0 Å². The van der Waals surface area contributed by atoms with Crippen molar-refractivity contribution in [2.24, 2.45) is 11.7 Å². The van der Waals surface area contributed by atoms with Gasteiger partial charge < -0.3 is 10.6 Å². The lowest BCUT2D eigenvalue weighted by atomic mass is 9.93. The van der Waals surface area contributed by atoms with Gasteiger partial charge in [-0.05, 0) is 37.8 Å². The van der Waals surface area contributed by atoms with E-state index in [1.54, 1.807) is 6.20 Å². The molecule has 2 rings (SSSR count). The van der Waals surface area contributed by atoms with E-state index in [-0.39, 0.29) is 0 Å². The first-order chi connectivity index (χ1) is 8.08. The predicted molar refractivity (Wildman–Crippen MR) is 75.3 cm³/mol. The first-order valence-electron chi connectivity index (χ1n) is 6.10. The van der Waals surface area contributed by atoms with Crippen molar-refractivity contribution < 1.29 is 0 Å². The summed E-state index contributed by atoms with van der Waals surface area (Å²) in [7, 11) is 0. The summed E-state index contributed by atoms with van der Waals surface area (Å²) in [5.74, 6) is 0.818. The molecule has 2 heterocycles. The second kappa shape index (κ2) is 5.00. The van der Waals surface area contributed by atoms with Gasteiger partial charge in [0.25, 0.3) is 0 Å². The Morgan fingerprint density at radius 2 is 2.29 bits per heavy atom. The molecule has 3 nitrogen and oxygen atoms in total. The zero-order valence-electron chi connectivity index (χ0n) is 10.4. The van der Waals surface area contributed by atoms with E-state index in [2.05, 4.69) is 23.7 Å². The minimum Gasteiger partial charge on any atom is -0.388 e. The molecule has 17 heavy (non-hydrogen) atoms. The first-order valence-corrected chi connectivity index (χ1v) is 6.51. The first kappa shape index (κ1) is 12.3. The van der Waals surface area contributed by atoms with Crippen molar-refractivity contribution in [2.45, 2.75) is 32.7 Å². The van der Waals surface area contributed by atoms with E-state index >= 15 is 0 Å². The Hall–Kier alpha value is -1.16. The predicted octanol–water partition coefficient (Wildman–Crippen LogP) is 2.34. The number of nitrogens with zero attached hydrogens (tertiary/aromatic N) is 2. The van der Waals surface area contributed by atoms with Crippen LogP contribution in [-0.2, 0) is 0 Å². The normalized spacial score (nSPS) is 24.7. The zero-order valence-corrected chi connectivity index (χ0v) is 11.2. The molecular weight excluding hydrogens is 230 g/mol. The molecule has 1 aliphatic heterocycles. The van der Waals surface area contributed by atoms with Gasteiger partial charge in [0.2, 0.25) is 0 Å². The molecule has 92 valence electrons. The number of hydrogen-bond acceptors (Lipinski definition) is 3. The van der Waals surface area contributed by atoms with Crippen molar-refractivity contribution in [1.82, 2.24) is 4.98 Å². The van der Waals surface area contributed by atoms with Crippen LogP contribution in [0.2, 0.25) is 0 Å². The lowest BCUT2D eigenvalue weighted by molar-refractivity contribution is 0.378. The summed E-state index contributed by atoms with van der Waals surface area (Å²) in [5.41, 5.74) is 7.51. The lowest BCUT2D eigenvalue weighted by Gasteiger charge is -2.38. The van der Waals surface area contributed by atoms with Gasteiger partial charge in [-0.2, -0.15) is 0 Å². The van der Waals surface area contributed by atoms with E-state index in [0.717, 1.165) is 12.5 Å². The van der Waals surface area contributed by atoms with Gasteiger partial charge in [0.05, 0.1) is 5.69 Å². The van der Waals surface area contributed by atoms with Crippen molar-refractivity contribution >= 4 is 22.9 Å². The van der Waals surface area contributed by atoms with Crippen LogP contribution in [0.3, 0.4) is 0 Å². The molecule has 0 aromatic carbocycles. The zero-order chi connectivity index (χ0) is 12.4. The van der Waals surface area contributed by atoms with Gasteiger partial charge >= 0.3 is 0 Å². The molecule has 1 fully saturated rings. The molecule has 0 amide bonds. The fourth-order valence-electron chi connectivity index (χ4n) is 2.52. The van der Waals surface area contributed by atoms with Crippen molar-refractivity contribution in [3.05, 3.63) is 24.0 Å². The fourth-order valence-corrected chi connectivity index (χ4v) is 2.64. The Morgan fingerprint density at radius 3 is 2.94 bits per heavy atom. The largest absolute Gasteiger partial charge is 0.388 e. The molecule has 1 saturated heterocycles. The molecule has 2 N–H and O–H groups in total. The van der Waals surface area contributed by atoms with Crippen molar-refractivity contribution in [3.8, 4) is 0 Å². The highest BCUT2D eigenvalue weighted by molar-refractivity contribution is 7.80. The molecule has 0 spiro atoms. The molecule has 0 aliphatic carbocycles. The van der Waals surface area contributed by atoms with Crippen molar-refractivity contribution in [3.63, 3.8) is 0 Å². The lowest BCUT2D eigenvalue weighted by Crippen LogP contribution is -2.40. The number of aromatic nitrogens is 1.